The van der Waals surface area contributed by atoms with Gasteiger partial charge in [-0.2, -0.15) is 0 Å². The molecule has 0 spiro atoms. The third-order valence-corrected chi connectivity index (χ3v) is 5.97. The van der Waals surface area contributed by atoms with E-state index in [1.807, 2.05) is 54.1 Å². The molecule has 1 N–H and O–H groups in total. The summed E-state index contributed by atoms with van der Waals surface area (Å²) in [7, 11) is 1.33. The second kappa shape index (κ2) is 10.7. The van der Waals surface area contributed by atoms with Gasteiger partial charge in [0.05, 0.1) is 30.3 Å². The quantitative estimate of drug-likeness (QED) is 0.389. The van der Waals surface area contributed by atoms with Crippen LogP contribution in [0.3, 0.4) is 0 Å². The Bertz CT molecular complexity index is 995. The van der Waals surface area contributed by atoms with Gasteiger partial charge in [0.1, 0.15) is 12.4 Å². The summed E-state index contributed by atoms with van der Waals surface area (Å²) in [5, 5.41) is 7.76. The third-order valence-electron chi connectivity index (χ3n) is 4.16. The monoisotopic (exact) mass is 442 g/mol. The molecule has 0 fully saturated rings. The van der Waals surface area contributed by atoms with Gasteiger partial charge >= 0.3 is 5.97 Å². The normalized spacial score (nSPS) is 11.9. The Kier molecular flexibility index (Phi) is 7.75. The fourth-order valence-electron chi connectivity index (χ4n) is 2.66. The van der Waals surface area contributed by atoms with Gasteiger partial charge in [-0.3, -0.25) is 9.59 Å². The average molecular weight is 443 g/mol. The summed E-state index contributed by atoms with van der Waals surface area (Å²) < 4.78 is 10.5. The Morgan fingerprint density at radius 1 is 1.20 bits per heavy atom. The van der Waals surface area contributed by atoms with Crippen LogP contribution in [0.25, 0.3) is 6.08 Å². The highest BCUT2D eigenvalue weighted by Gasteiger charge is 2.18. The molecule has 0 aliphatic heterocycles. The largest absolute Gasteiger partial charge is 0.487 e. The van der Waals surface area contributed by atoms with E-state index >= 15 is 0 Å². The van der Waals surface area contributed by atoms with Crippen molar-refractivity contribution in [3.63, 3.8) is 0 Å². The van der Waals surface area contributed by atoms with Crippen LogP contribution in [0.5, 0.6) is 5.75 Å². The van der Waals surface area contributed by atoms with Crippen LogP contribution in [0, 0.1) is 6.92 Å². The van der Waals surface area contributed by atoms with Gasteiger partial charge in [0, 0.05) is 16.3 Å². The second-order valence-corrected chi connectivity index (χ2v) is 8.45. The van der Waals surface area contributed by atoms with Crippen molar-refractivity contribution in [1.29, 1.82) is 0 Å². The van der Waals surface area contributed by atoms with Crippen molar-refractivity contribution in [2.75, 3.05) is 7.11 Å². The number of hydrogen-bond acceptors (Lipinski definition) is 7. The Morgan fingerprint density at radius 3 is 2.63 bits per heavy atom. The zero-order valence-corrected chi connectivity index (χ0v) is 18.3. The number of methoxy groups -OCH3 is 1. The molecule has 0 saturated carbocycles. The number of esters is 1. The van der Waals surface area contributed by atoms with Gasteiger partial charge in [-0.05, 0) is 42.1 Å². The Labute approximate surface area is 183 Å². The smallest absolute Gasteiger partial charge is 0.307 e. The first-order valence-corrected chi connectivity index (χ1v) is 11.0. The van der Waals surface area contributed by atoms with E-state index in [2.05, 4.69) is 10.3 Å². The van der Waals surface area contributed by atoms with Crippen molar-refractivity contribution in [2.45, 2.75) is 26.0 Å². The molecular weight excluding hydrogens is 420 g/mol. The lowest BCUT2D eigenvalue weighted by Gasteiger charge is -2.15. The lowest BCUT2D eigenvalue weighted by atomic mass is 10.1. The van der Waals surface area contributed by atoms with Crippen LogP contribution in [-0.4, -0.2) is 24.0 Å². The van der Waals surface area contributed by atoms with Gasteiger partial charge in [0.2, 0.25) is 5.91 Å². The fourth-order valence-corrected chi connectivity index (χ4v) is 4.04. The van der Waals surface area contributed by atoms with Crippen molar-refractivity contribution in [1.82, 2.24) is 10.3 Å². The Balaban J connectivity index is 1.54. The molecule has 2 heterocycles. The number of aryl methyl sites for hydroxylation is 1. The molecule has 6 nitrogen and oxygen atoms in total. The summed E-state index contributed by atoms with van der Waals surface area (Å²) in [6.45, 7) is 2.38. The SMILES string of the molecule is COC(=O)CC(NC(=O)/C=C/c1ccc(OCc2csc(C)n2)cc1)c1cccs1. The van der Waals surface area contributed by atoms with Gasteiger partial charge in [-0.25, -0.2) is 4.98 Å². The van der Waals surface area contributed by atoms with Crippen molar-refractivity contribution in [2.24, 2.45) is 0 Å². The number of aromatic nitrogens is 1. The molecule has 0 aliphatic carbocycles. The van der Waals surface area contributed by atoms with Gasteiger partial charge in [0.15, 0.2) is 0 Å². The lowest BCUT2D eigenvalue weighted by Crippen LogP contribution is -2.28. The van der Waals surface area contributed by atoms with E-state index in [0.717, 1.165) is 26.9 Å². The third kappa shape index (κ3) is 6.53. The van der Waals surface area contributed by atoms with Crippen molar-refractivity contribution in [3.05, 3.63) is 74.4 Å². The number of nitrogens with one attached hydrogen (secondary N) is 1. The molecular formula is C22H22N2O4S2. The number of ether oxygens (including phenoxy) is 2. The number of benzene rings is 1. The number of thiazole rings is 1. The molecule has 156 valence electrons. The minimum absolute atomic E-state index is 0.0845. The number of carbonyl (C=O) groups is 2. The number of thiophene rings is 1. The van der Waals surface area contributed by atoms with E-state index in [1.54, 1.807) is 17.4 Å². The first-order valence-electron chi connectivity index (χ1n) is 9.26. The van der Waals surface area contributed by atoms with Crippen molar-refractivity contribution in [3.8, 4) is 5.75 Å². The second-order valence-electron chi connectivity index (χ2n) is 6.41. The van der Waals surface area contributed by atoms with Gasteiger partial charge in [-0.1, -0.05) is 18.2 Å². The molecule has 1 atom stereocenters. The van der Waals surface area contributed by atoms with Crippen LogP contribution in [0.15, 0.2) is 53.2 Å². The molecule has 8 heteroatoms. The molecule has 0 bridgehead atoms. The standard InChI is InChI=1S/C22H22N2O4S2/c1-15-23-17(14-30-15)13-28-18-8-5-16(6-9-18)7-10-21(25)24-19(12-22(26)27-2)20-4-3-11-29-20/h3-11,14,19H,12-13H2,1-2H3,(H,24,25)/b10-7+. The molecule has 3 aromatic rings. The summed E-state index contributed by atoms with van der Waals surface area (Å²) in [6.07, 6.45) is 3.25. The van der Waals surface area contributed by atoms with Crippen LogP contribution in [-0.2, 0) is 20.9 Å². The van der Waals surface area contributed by atoms with E-state index in [-0.39, 0.29) is 18.3 Å². The molecule has 0 radical (unpaired) electrons. The predicted molar refractivity (Wildman–Crippen MR) is 118 cm³/mol. The van der Waals surface area contributed by atoms with Gasteiger partial charge in [-0.15, -0.1) is 22.7 Å². The number of rotatable bonds is 9. The van der Waals surface area contributed by atoms with Crippen molar-refractivity contribution < 1.29 is 19.1 Å². The highest BCUT2D eigenvalue weighted by Crippen LogP contribution is 2.22. The average Bonchev–Trinajstić information content (AvgIpc) is 3.43. The van der Waals surface area contributed by atoms with Crippen LogP contribution >= 0.6 is 22.7 Å². The zero-order chi connectivity index (χ0) is 21.3. The molecule has 30 heavy (non-hydrogen) atoms. The molecule has 1 unspecified atom stereocenters. The summed E-state index contributed by atoms with van der Waals surface area (Å²) in [6, 6.07) is 10.8. The number of amides is 1. The number of carbonyl (C=O) groups excluding carboxylic acids is 2. The lowest BCUT2D eigenvalue weighted by molar-refractivity contribution is -0.141. The first-order chi connectivity index (χ1) is 14.5. The van der Waals surface area contributed by atoms with E-state index in [0.29, 0.717) is 6.61 Å². The van der Waals surface area contributed by atoms with Gasteiger partial charge < -0.3 is 14.8 Å². The molecule has 2 aromatic heterocycles. The van der Waals surface area contributed by atoms with Crippen LogP contribution < -0.4 is 10.1 Å². The first kappa shape index (κ1) is 21.7. The Hall–Kier alpha value is -2.97. The topological polar surface area (TPSA) is 77.5 Å². The molecule has 1 amide bonds. The van der Waals surface area contributed by atoms with Crippen LogP contribution in [0.1, 0.15) is 33.6 Å². The summed E-state index contributed by atoms with van der Waals surface area (Å²) >= 11 is 3.08. The van der Waals surface area contributed by atoms with E-state index in [1.165, 1.54) is 24.5 Å². The summed E-state index contributed by atoms with van der Waals surface area (Å²) in [5.41, 5.74) is 1.77. The molecule has 0 saturated heterocycles. The minimum atomic E-state index is -0.417. The maximum absolute atomic E-state index is 12.3. The molecule has 3 rings (SSSR count). The maximum atomic E-state index is 12.3. The zero-order valence-electron chi connectivity index (χ0n) is 16.7. The van der Waals surface area contributed by atoms with Crippen LogP contribution in [0.2, 0.25) is 0 Å². The van der Waals surface area contributed by atoms with Crippen molar-refractivity contribution >= 4 is 40.6 Å². The molecule has 0 aliphatic rings. The summed E-state index contributed by atoms with van der Waals surface area (Å²) in [4.78, 5) is 29.3. The minimum Gasteiger partial charge on any atom is -0.487 e. The number of nitrogens with zero attached hydrogens (tertiary/aromatic N) is 1. The highest BCUT2D eigenvalue weighted by atomic mass is 32.1. The van der Waals surface area contributed by atoms with E-state index < -0.39 is 6.04 Å². The summed E-state index contributed by atoms with van der Waals surface area (Å²) in [5.74, 6) is 0.0794. The molecule has 1 aromatic carbocycles. The van der Waals surface area contributed by atoms with Gasteiger partial charge in [0.25, 0.3) is 0 Å². The Morgan fingerprint density at radius 2 is 2.00 bits per heavy atom. The number of hydrogen-bond donors (Lipinski definition) is 1. The van der Waals surface area contributed by atoms with E-state index in [4.69, 9.17) is 9.47 Å². The highest BCUT2D eigenvalue weighted by molar-refractivity contribution is 7.10. The van der Waals surface area contributed by atoms with Crippen LogP contribution in [0.4, 0.5) is 0 Å². The van der Waals surface area contributed by atoms with E-state index in [9.17, 15) is 9.59 Å². The maximum Gasteiger partial charge on any atom is 0.307 e. The predicted octanol–water partition coefficient (Wildman–Crippen LogP) is 4.53. The fraction of sp³-hybridized carbons (Fsp3) is 0.227.